The molecule has 1 saturated heterocycles. The highest BCUT2D eigenvalue weighted by Crippen LogP contribution is 2.24. The number of ether oxygens (including phenoxy) is 1. The normalized spacial score (nSPS) is 18.0. The number of amides is 1. The summed E-state index contributed by atoms with van der Waals surface area (Å²) in [6.07, 6.45) is 1.37. The van der Waals surface area contributed by atoms with Crippen LogP contribution in [0.3, 0.4) is 0 Å². The lowest BCUT2D eigenvalue weighted by Gasteiger charge is -2.28. The van der Waals surface area contributed by atoms with Crippen molar-refractivity contribution in [2.45, 2.75) is 32.4 Å². The van der Waals surface area contributed by atoms with Crippen LogP contribution in [0.1, 0.15) is 35.7 Å². The van der Waals surface area contributed by atoms with Gasteiger partial charge in [-0.3, -0.25) is 4.79 Å². The molecule has 1 aliphatic heterocycles. The van der Waals surface area contributed by atoms with Crippen LogP contribution in [0.2, 0.25) is 5.02 Å². The van der Waals surface area contributed by atoms with E-state index >= 15 is 0 Å². The molecule has 0 aromatic heterocycles. The van der Waals surface area contributed by atoms with Crippen molar-refractivity contribution < 1.29 is 17.9 Å². The van der Waals surface area contributed by atoms with Crippen molar-refractivity contribution >= 4 is 27.3 Å². The van der Waals surface area contributed by atoms with Crippen molar-refractivity contribution in [1.82, 2.24) is 4.90 Å². The zero-order valence-corrected chi connectivity index (χ0v) is 17.4. The van der Waals surface area contributed by atoms with E-state index in [1.54, 1.807) is 41.3 Å². The lowest BCUT2D eigenvalue weighted by molar-refractivity contribution is 0.0681. The first-order valence-electron chi connectivity index (χ1n) is 9.36. The van der Waals surface area contributed by atoms with E-state index in [1.165, 1.54) is 0 Å². The van der Waals surface area contributed by atoms with Crippen molar-refractivity contribution in [2.75, 3.05) is 18.1 Å². The Morgan fingerprint density at radius 2 is 1.82 bits per heavy atom. The third-order valence-corrected chi connectivity index (χ3v) is 6.75. The molecule has 1 atom stereocenters. The van der Waals surface area contributed by atoms with E-state index in [-0.39, 0.29) is 23.5 Å². The number of halogens is 1. The standard InChI is InChI=1S/C21H24ClNO4S/c1-2-12-27-20-9-5-17(6-10-20)21(24)23(19-11-13-28(25,26)15-19)14-16-3-7-18(22)8-4-16/h3-10,19H,2,11-15H2,1H3/t19-/m1/s1. The van der Waals surface area contributed by atoms with E-state index in [0.717, 1.165) is 12.0 Å². The molecule has 28 heavy (non-hydrogen) atoms. The minimum Gasteiger partial charge on any atom is -0.494 e. The minimum atomic E-state index is -3.11. The van der Waals surface area contributed by atoms with Crippen molar-refractivity contribution in [2.24, 2.45) is 0 Å². The molecular weight excluding hydrogens is 398 g/mol. The number of carbonyl (C=O) groups excluding carboxylic acids is 1. The summed E-state index contributed by atoms with van der Waals surface area (Å²) in [6.45, 7) is 2.99. The van der Waals surface area contributed by atoms with Crippen LogP contribution in [-0.2, 0) is 16.4 Å². The lowest BCUT2D eigenvalue weighted by atomic mass is 10.1. The summed E-state index contributed by atoms with van der Waals surface area (Å²) in [5.74, 6) is 0.653. The van der Waals surface area contributed by atoms with E-state index < -0.39 is 9.84 Å². The predicted molar refractivity (Wildman–Crippen MR) is 111 cm³/mol. The van der Waals surface area contributed by atoms with Crippen LogP contribution < -0.4 is 4.74 Å². The summed E-state index contributed by atoms with van der Waals surface area (Å²) >= 11 is 5.95. The number of benzene rings is 2. The maximum atomic E-state index is 13.2. The Balaban J connectivity index is 1.82. The van der Waals surface area contributed by atoms with Crippen LogP contribution in [0.5, 0.6) is 5.75 Å². The van der Waals surface area contributed by atoms with Crippen molar-refractivity contribution in [1.29, 1.82) is 0 Å². The van der Waals surface area contributed by atoms with Gasteiger partial charge in [-0.15, -0.1) is 0 Å². The number of hydrogen-bond acceptors (Lipinski definition) is 4. The number of rotatable bonds is 7. The molecule has 1 aliphatic rings. The molecule has 1 fully saturated rings. The molecule has 150 valence electrons. The maximum Gasteiger partial charge on any atom is 0.254 e. The summed E-state index contributed by atoms with van der Waals surface area (Å²) < 4.78 is 29.5. The predicted octanol–water partition coefficient (Wildman–Crippen LogP) is 3.96. The average molecular weight is 422 g/mol. The number of hydrogen-bond donors (Lipinski definition) is 0. The Morgan fingerprint density at radius 3 is 2.39 bits per heavy atom. The Morgan fingerprint density at radius 1 is 1.14 bits per heavy atom. The molecule has 0 aliphatic carbocycles. The lowest BCUT2D eigenvalue weighted by Crippen LogP contribution is -2.40. The fourth-order valence-electron chi connectivity index (χ4n) is 3.25. The van der Waals surface area contributed by atoms with Crippen molar-refractivity contribution in [3.63, 3.8) is 0 Å². The molecule has 0 N–H and O–H groups in total. The molecule has 0 spiro atoms. The molecule has 2 aromatic rings. The fourth-order valence-corrected chi connectivity index (χ4v) is 5.11. The Hall–Kier alpha value is -2.05. The number of carbonyl (C=O) groups is 1. The van der Waals surface area contributed by atoms with E-state index in [9.17, 15) is 13.2 Å². The molecule has 0 bridgehead atoms. The Bertz CT molecular complexity index is 910. The second kappa shape index (κ2) is 8.97. The third-order valence-electron chi connectivity index (χ3n) is 4.75. The van der Waals surface area contributed by atoms with E-state index in [4.69, 9.17) is 16.3 Å². The molecule has 7 heteroatoms. The fraction of sp³-hybridized carbons (Fsp3) is 0.381. The SMILES string of the molecule is CCCOc1ccc(C(=O)N(Cc2ccc(Cl)cc2)[C@@H]2CCS(=O)(=O)C2)cc1. The Labute approximate surface area is 171 Å². The summed E-state index contributed by atoms with van der Waals surface area (Å²) in [6, 6.07) is 13.9. The zero-order chi connectivity index (χ0) is 20.1. The van der Waals surface area contributed by atoms with Crippen molar-refractivity contribution in [3.8, 4) is 5.75 Å². The molecule has 5 nitrogen and oxygen atoms in total. The molecule has 1 amide bonds. The number of sulfone groups is 1. The minimum absolute atomic E-state index is 0.00399. The monoisotopic (exact) mass is 421 g/mol. The molecule has 2 aromatic carbocycles. The van der Waals surface area contributed by atoms with Crippen LogP contribution in [0, 0.1) is 0 Å². The highest BCUT2D eigenvalue weighted by Gasteiger charge is 2.35. The molecule has 0 unspecified atom stereocenters. The van der Waals surface area contributed by atoms with Gasteiger partial charge in [-0.2, -0.15) is 0 Å². The third kappa shape index (κ3) is 5.26. The van der Waals surface area contributed by atoms with Gasteiger partial charge in [0.15, 0.2) is 9.84 Å². The van der Waals surface area contributed by atoms with Gasteiger partial charge in [0.05, 0.1) is 18.1 Å². The first-order chi connectivity index (χ1) is 13.4. The molecule has 0 saturated carbocycles. The van der Waals surface area contributed by atoms with Gasteiger partial charge in [0.25, 0.3) is 5.91 Å². The van der Waals surface area contributed by atoms with E-state index in [1.807, 2.05) is 19.1 Å². The van der Waals surface area contributed by atoms with Gasteiger partial charge in [0.2, 0.25) is 0 Å². The Kier molecular flexibility index (Phi) is 6.62. The number of nitrogens with zero attached hydrogens (tertiary/aromatic N) is 1. The van der Waals surface area contributed by atoms with E-state index in [0.29, 0.717) is 35.9 Å². The summed E-state index contributed by atoms with van der Waals surface area (Å²) in [5, 5.41) is 0.618. The quantitative estimate of drug-likeness (QED) is 0.678. The van der Waals surface area contributed by atoms with Crippen LogP contribution in [0.4, 0.5) is 0 Å². The smallest absolute Gasteiger partial charge is 0.254 e. The van der Waals surface area contributed by atoms with Gasteiger partial charge >= 0.3 is 0 Å². The second-order valence-corrected chi connectivity index (χ2v) is 9.65. The van der Waals surface area contributed by atoms with Gasteiger partial charge < -0.3 is 9.64 Å². The maximum absolute atomic E-state index is 13.2. The van der Waals surface area contributed by atoms with Crippen molar-refractivity contribution in [3.05, 3.63) is 64.7 Å². The summed E-state index contributed by atoms with van der Waals surface area (Å²) in [4.78, 5) is 14.9. The highest BCUT2D eigenvalue weighted by molar-refractivity contribution is 7.91. The summed E-state index contributed by atoms with van der Waals surface area (Å²) in [5.41, 5.74) is 1.42. The van der Waals surface area contributed by atoms with Gasteiger partial charge in [-0.25, -0.2) is 8.42 Å². The zero-order valence-electron chi connectivity index (χ0n) is 15.8. The molecule has 0 radical (unpaired) electrons. The van der Waals surface area contributed by atoms with Crippen LogP contribution >= 0.6 is 11.6 Å². The first kappa shape index (κ1) is 20.7. The molecular formula is C21H24ClNO4S. The topological polar surface area (TPSA) is 63.7 Å². The summed E-state index contributed by atoms with van der Waals surface area (Å²) in [7, 11) is -3.11. The van der Waals surface area contributed by atoms with Crippen LogP contribution in [-0.4, -0.2) is 43.4 Å². The molecule has 1 heterocycles. The van der Waals surface area contributed by atoms with Gasteiger partial charge in [-0.1, -0.05) is 30.7 Å². The second-order valence-electron chi connectivity index (χ2n) is 6.99. The van der Waals surface area contributed by atoms with Gasteiger partial charge in [0, 0.05) is 23.2 Å². The van der Waals surface area contributed by atoms with E-state index in [2.05, 4.69) is 0 Å². The van der Waals surface area contributed by atoms with Gasteiger partial charge in [0.1, 0.15) is 5.75 Å². The average Bonchev–Trinajstić information content (AvgIpc) is 3.05. The van der Waals surface area contributed by atoms with Crippen LogP contribution in [0.15, 0.2) is 48.5 Å². The first-order valence-corrected chi connectivity index (χ1v) is 11.6. The largest absolute Gasteiger partial charge is 0.494 e. The van der Waals surface area contributed by atoms with Crippen LogP contribution in [0.25, 0.3) is 0 Å². The van der Waals surface area contributed by atoms with Gasteiger partial charge in [-0.05, 0) is 54.8 Å². The molecule has 3 rings (SSSR count). The highest BCUT2D eigenvalue weighted by atomic mass is 35.5.